The molecule has 5 heteroatoms. The number of carbonyl (C=O) groups excluding carboxylic acids is 1. The Morgan fingerprint density at radius 3 is 2.75 bits per heavy atom. The van der Waals surface area contributed by atoms with Crippen LogP contribution in [0.15, 0.2) is 18.2 Å². The van der Waals surface area contributed by atoms with Gasteiger partial charge in [-0.2, -0.15) is 0 Å². The number of halogens is 1. The Morgan fingerprint density at radius 1 is 1.40 bits per heavy atom. The quantitative estimate of drug-likeness (QED) is 0.897. The van der Waals surface area contributed by atoms with Crippen molar-refractivity contribution in [3.05, 3.63) is 28.8 Å². The summed E-state index contributed by atoms with van der Waals surface area (Å²) in [5.74, 6) is 0.546. The van der Waals surface area contributed by atoms with Gasteiger partial charge in [-0.25, -0.2) is 0 Å². The Morgan fingerprint density at radius 2 is 2.10 bits per heavy atom. The highest BCUT2D eigenvalue weighted by Crippen LogP contribution is 2.22. The van der Waals surface area contributed by atoms with Crippen molar-refractivity contribution in [3.63, 3.8) is 0 Å². The molecule has 0 aromatic heterocycles. The number of amides is 1. The molecule has 0 bridgehead atoms. The fourth-order valence-corrected chi connectivity index (χ4v) is 2.63. The molecule has 2 rings (SSSR count). The third-order valence-corrected chi connectivity index (χ3v) is 3.79. The van der Waals surface area contributed by atoms with E-state index in [0.717, 1.165) is 31.2 Å². The monoisotopic (exact) mass is 297 g/mol. The topological polar surface area (TPSA) is 58.6 Å². The number of benzene rings is 1. The minimum absolute atomic E-state index is 0.00151. The van der Waals surface area contributed by atoms with Crippen LogP contribution in [-0.2, 0) is 4.79 Å². The zero-order valence-corrected chi connectivity index (χ0v) is 12.3. The molecule has 110 valence electrons. The molecule has 1 aliphatic rings. The van der Waals surface area contributed by atoms with Crippen molar-refractivity contribution in [2.45, 2.75) is 44.8 Å². The van der Waals surface area contributed by atoms with Crippen LogP contribution in [-0.4, -0.2) is 29.8 Å². The Labute approximate surface area is 124 Å². The molecule has 1 saturated carbocycles. The van der Waals surface area contributed by atoms with E-state index in [1.165, 1.54) is 0 Å². The lowest BCUT2D eigenvalue weighted by Crippen LogP contribution is -2.40. The molecule has 0 spiro atoms. The number of hydrogen-bond donors (Lipinski definition) is 2. The maximum atomic E-state index is 11.8. The zero-order chi connectivity index (χ0) is 14.5. The minimum Gasteiger partial charge on any atom is -0.484 e. The molecule has 0 atom stereocenters. The maximum Gasteiger partial charge on any atom is 0.258 e. The first-order valence-corrected chi connectivity index (χ1v) is 7.29. The van der Waals surface area contributed by atoms with Crippen molar-refractivity contribution in [1.29, 1.82) is 0 Å². The van der Waals surface area contributed by atoms with Gasteiger partial charge in [-0.05, 0) is 56.4 Å². The van der Waals surface area contributed by atoms with Gasteiger partial charge in [-0.1, -0.05) is 11.6 Å². The van der Waals surface area contributed by atoms with E-state index in [0.29, 0.717) is 10.8 Å². The van der Waals surface area contributed by atoms with Gasteiger partial charge < -0.3 is 15.2 Å². The normalized spacial score (nSPS) is 22.4. The SMILES string of the molecule is Cc1cc(Cl)ccc1OCC(=O)NC1CCC(O)CC1. The number of nitrogens with one attached hydrogen (secondary N) is 1. The third kappa shape index (κ3) is 4.39. The molecule has 1 aromatic carbocycles. The molecule has 0 aliphatic heterocycles. The van der Waals surface area contributed by atoms with Crippen LogP contribution < -0.4 is 10.1 Å². The first kappa shape index (κ1) is 15.1. The fourth-order valence-electron chi connectivity index (χ4n) is 2.41. The predicted molar refractivity (Wildman–Crippen MR) is 78.1 cm³/mol. The van der Waals surface area contributed by atoms with E-state index in [-0.39, 0.29) is 24.7 Å². The van der Waals surface area contributed by atoms with Crippen molar-refractivity contribution in [2.24, 2.45) is 0 Å². The molecule has 1 aromatic rings. The second-order valence-electron chi connectivity index (χ2n) is 5.27. The van der Waals surface area contributed by atoms with E-state index >= 15 is 0 Å². The Hall–Kier alpha value is -1.26. The summed E-state index contributed by atoms with van der Waals surface area (Å²) < 4.78 is 5.50. The summed E-state index contributed by atoms with van der Waals surface area (Å²) in [6.45, 7) is 1.89. The van der Waals surface area contributed by atoms with Gasteiger partial charge in [0.2, 0.25) is 0 Å². The van der Waals surface area contributed by atoms with Gasteiger partial charge in [0.15, 0.2) is 6.61 Å². The average Bonchev–Trinajstić information content (AvgIpc) is 2.40. The molecule has 1 fully saturated rings. The van der Waals surface area contributed by atoms with Gasteiger partial charge in [0.1, 0.15) is 5.75 Å². The molecule has 2 N–H and O–H groups in total. The summed E-state index contributed by atoms with van der Waals surface area (Å²) in [5.41, 5.74) is 0.908. The molecule has 0 radical (unpaired) electrons. The lowest BCUT2D eigenvalue weighted by Gasteiger charge is -2.26. The molecule has 1 amide bonds. The van der Waals surface area contributed by atoms with Crippen LogP contribution in [0.1, 0.15) is 31.2 Å². The van der Waals surface area contributed by atoms with Gasteiger partial charge in [-0.3, -0.25) is 4.79 Å². The van der Waals surface area contributed by atoms with Gasteiger partial charge >= 0.3 is 0 Å². The van der Waals surface area contributed by atoms with Crippen molar-refractivity contribution in [2.75, 3.05) is 6.61 Å². The second-order valence-corrected chi connectivity index (χ2v) is 5.71. The standard InChI is InChI=1S/C15H20ClNO3/c1-10-8-11(16)2-7-14(10)20-9-15(19)17-12-3-5-13(18)6-4-12/h2,7-8,12-13,18H,3-6,9H2,1H3,(H,17,19). The van der Waals surface area contributed by atoms with Crippen LogP contribution in [0.25, 0.3) is 0 Å². The van der Waals surface area contributed by atoms with Gasteiger partial charge in [0, 0.05) is 11.1 Å². The van der Waals surface area contributed by atoms with Crippen LogP contribution in [0, 0.1) is 6.92 Å². The predicted octanol–water partition coefficient (Wildman–Crippen LogP) is 2.45. The Balaban J connectivity index is 1.77. The summed E-state index contributed by atoms with van der Waals surface area (Å²) in [4.78, 5) is 11.8. The van der Waals surface area contributed by atoms with Gasteiger partial charge in [0.25, 0.3) is 5.91 Å². The number of aliphatic hydroxyl groups is 1. The minimum atomic E-state index is -0.212. The highest BCUT2D eigenvalue weighted by molar-refractivity contribution is 6.30. The zero-order valence-electron chi connectivity index (χ0n) is 11.6. The van der Waals surface area contributed by atoms with Crippen LogP contribution in [0.4, 0.5) is 0 Å². The van der Waals surface area contributed by atoms with E-state index in [4.69, 9.17) is 16.3 Å². The molecule has 0 unspecified atom stereocenters. The number of aliphatic hydroxyl groups excluding tert-OH is 1. The van der Waals surface area contributed by atoms with E-state index in [2.05, 4.69) is 5.32 Å². The number of ether oxygens (including phenoxy) is 1. The smallest absolute Gasteiger partial charge is 0.258 e. The van der Waals surface area contributed by atoms with Crippen molar-refractivity contribution < 1.29 is 14.6 Å². The number of hydrogen-bond acceptors (Lipinski definition) is 3. The Kier molecular flexibility index (Phi) is 5.26. The average molecular weight is 298 g/mol. The number of rotatable bonds is 4. The lowest BCUT2D eigenvalue weighted by atomic mass is 9.93. The summed E-state index contributed by atoms with van der Waals surface area (Å²) in [5, 5.41) is 13.0. The third-order valence-electron chi connectivity index (χ3n) is 3.56. The molecule has 0 saturated heterocycles. The first-order valence-electron chi connectivity index (χ1n) is 6.91. The van der Waals surface area contributed by atoms with Crippen LogP contribution >= 0.6 is 11.6 Å². The summed E-state index contributed by atoms with van der Waals surface area (Å²) in [6, 6.07) is 5.46. The van der Waals surface area contributed by atoms with Gasteiger partial charge in [-0.15, -0.1) is 0 Å². The highest BCUT2D eigenvalue weighted by Gasteiger charge is 2.20. The number of aryl methyl sites for hydroxylation is 1. The van der Waals surface area contributed by atoms with E-state index in [9.17, 15) is 9.90 Å². The second kappa shape index (κ2) is 6.95. The van der Waals surface area contributed by atoms with E-state index in [1.54, 1.807) is 18.2 Å². The molecule has 4 nitrogen and oxygen atoms in total. The molecular weight excluding hydrogens is 278 g/mol. The molecular formula is C15H20ClNO3. The van der Waals surface area contributed by atoms with Crippen LogP contribution in [0.3, 0.4) is 0 Å². The summed E-state index contributed by atoms with van der Waals surface area (Å²) >= 11 is 5.86. The van der Waals surface area contributed by atoms with Crippen LogP contribution in [0.2, 0.25) is 5.02 Å². The van der Waals surface area contributed by atoms with E-state index in [1.807, 2.05) is 6.92 Å². The highest BCUT2D eigenvalue weighted by atomic mass is 35.5. The fraction of sp³-hybridized carbons (Fsp3) is 0.533. The maximum absolute atomic E-state index is 11.8. The van der Waals surface area contributed by atoms with Crippen LogP contribution in [0.5, 0.6) is 5.75 Å². The largest absolute Gasteiger partial charge is 0.484 e. The summed E-state index contributed by atoms with van der Waals surface area (Å²) in [7, 11) is 0. The Bertz CT molecular complexity index is 470. The lowest BCUT2D eigenvalue weighted by molar-refractivity contribution is -0.124. The number of carbonyl (C=O) groups is 1. The molecule has 1 aliphatic carbocycles. The first-order chi connectivity index (χ1) is 9.54. The van der Waals surface area contributed by atoms with E-state index < -0.39 is 0 Å². The van der Waals surface area contributed by atoms with Crippen molar-refractivity contribution >= 4 is 17.5 Å². The molecule has 0 heterocycles. The van der Waals surface area contributed by atoms with Gasteiger partial charge in [0.05, 0.1) is 6.10 Å². The molecule has 20 heavy (non-hydrogen) atoms. The summed E-state index contributed by atoms with van der Waals surface area (Å²) in [6.07, 6.45) is 2.94. The van der Waals surface area contributed by atoms with Crippen molar-refractivity contribution in [1.82, 2.24) is 5.32 Å². The van der Waals surface area contributed by atoms with Crippen molar-refractivity contribution in [3.8, 4) is 5.75 Å².